The van der Waals surface area contributed by atoms with Gasteiger partial charge in [0.05, 0.1) is 16.1 Å². The molecule has 1 amide bonds. The Morgan fingerprint density at radius 1 is 1.29 bits per heavy atom. The van der Waals surface area contributed by atoms with Crippen molar-refractivity contribution in [3.05, 3.63) is 52.6 Å². The van der Waals surface area contributed by atoms with E-state index in [2.05, 4.69) is 20.5 Å². The first kappa shape index (κ1) is 19.5. The standard InChI is InChI=1S/C16H11ClF3N5O3/c1-8-23-24-12-3-2-9(6-25(8)12)15(27)28-7-13(26)22-14-11(17)4-10(5-21-14)16(18,19)20/h2-6H,7H2,1H3,(H,21,22,26). The maximum atomic E-state index is 12.6. The Morgan fingerprint density at radius 2 is 2.04 bits per heavy atom. The molecule has 0 saturated carbocycles. The Labute approximate surface area is 160 Å². The highest BCUT2D eigenvalue weighted by molar-refractivity contribution is 6.33. The molecule has 0 spiro atoms. The zero-order valence-corrected chi connectivity index (χ0v) is 14.9. The number of halogens is 4. The van der Waals surface area contributed by atoms with E-state index in [0.717, 1.165) is 0 Å². The molecule has 3 heterocycles. The highest BCUT2D eigenvalue weighted by Crippen LogP contribution is 2.32. The van der Waals surface area contributed by atoms with Crippen LogP contribution in [0.25, 0.3) is 5.65 Å². The largest absolute Gasteiger partial charge is 0.452 e. The number of carbonyl (C=O) groups is 2. The van der Waals surface area contributed by atoms with E-state index >= 15 is 0 Å². The molecular weight excluding hydrogens is 403 g/mol. The van der Waals surface area contributed by atoms with E-state index in [0.29, 0.717) is 23.7 Å². The fourth-order valence-corrected chi connectivity index (χ4v) is 2.41. The van der Waals surface area contributed by atoms with Gasteiger partial charge in [-0.3, -0.25) is 9.20 Å². The number of rotatable bonds is 4. The monoisotopic (exact) mass is 413 g/mol. The highest BCUT2D eigenvalue weighted by Gasteiger charge is 2.31. The number of aryl methyl sites for hydroxylation is 1. The Kier molecular flexibility index (Phi) is 5.18. The van der Waals surface area contributed by atoms with Crippen molar-refractivity contribution in [2.45, 2.75) is 13.1 Å². The Bertz CT molecular complexity index is 1070. The molecule has 28 heavy (non-hydrogen) atoms. The molecule has 1 N–H and O–H groups in total. The summed E-state index contributed by atoms with van der Waals surface area (Å²) in [7, 11) is 0. The van der Waals surface area contributed by atoms with Gasteiger partial charge in [-0.25, -0.2) is 9.78 Å². The van der Waals surface area contributed by atoms with E-state index in [1.807, 2.05) is 0 Å². The Hall–Kier alpha value is -3.21. The summed E-state index contributed by atoms with van der Waals surface area (Å²) in [6.45, 7) is 1.01. The summed E-state index contributed by atoms with van der Waals surface area (Å²) < 4.78 is 44.2. The number of pyridine rings is 2. The summed E-state index contributed by atoms with van der Waals surface area (Å²) >= 11 is 5.70. The molecule has 3 aromatic rings. The van der Waals surface area contributed by atoms with Gasteiger partial charge in [-0.1, -0.05) is 11.6 Å². The lowest BCUT2D eigenvalue weighted by Crippen LogP contribution is -2.22. The van der Waals surface area contributed by atoms with Gasteiger partial charge in [-0.05, 0) is 25.1 Å². The van der Waals surface area contributed by atoms with E-state index in [4.69, 9.17) is 16.3 Å². The SMILES string of the molecule is Cc1nnc2ccc(C(=O)OCC(=O)Nc3ncc(C(F)(F)F)cc3Cl)cn12. The second kappa shape index (κ2) is 7.43. The summed E-state index contributed by atoms with van der Waals surface area (Å²) in [5.74, 6) is -1.32. The molecule has 0 unspecified atom stereocenters. The van der Waals surface area contributed by atoms with Gasteiger partial charge in [0.15, 0.2) is 18.1 Å². The maximum Gasteiger partial charge on any atom is 0.417 e. The van der Waals surface area contributed by atoms with Crippen LogP contribution in [0.15, 0.2) is 30.6 Å². The average Bonchev–Trinajstić information content (AvgIpc) is 3.01. The quantitative estimate of drug-likeness (QED) is 0.660. The van der Waals surface area contributed by atoms with Gasteiger partial charge in [0.25, 0.3) is 5.91 Å². The van der Waals surface area contributed by atoms with Crippen LogP contribution in [0.5, 0.6) is 0 Å². The predicted molar refractivity (Wildman–Crippen MR) is 90.9 cm³/mol. The minimum atomic E-state index is -4.61. The number of esters is 1. The molecule has 0 radical (unpaired) electrons. The van der Waals surface area contributed by atoms with Gasteiger partial charge < -0.3 is 10.1 Å². The summed E-state index contributed by atoms with van der Waals surface area (Å²) in [5.41, 5.74) is -0.356. The van der Waals surface area contributed by atoms with E-state index in [9.17, 15) is 22.8 Å². The predicted octanol–water partition coefficient (Wildman–Crippen LogP) is 2.90. The number of amides is 1. The van der Waals surface area contributed by atoms with E-state index < -0.39 is 35.2 Å². The molecule has 0 aliphatic carbocycles. The minimum absolute atomic E-state index is 0.161. The number of fused-ring (bicyclic) bond motifs is 1. The molecule has 8 nitrogen and oxygen atoms in total. The molecule has 0 bridgehead atoms. The molecule has 0 aromatic carbocycles. The molecule has 3 rings (SSSR count). The van der Waals surface area contributed by atoms with E-state index in [-0.39, 0.29) is 11.4 Å². The third-order valence-corrected chi connectivity index (χ3v) is 3.86. The van der Waals surface area contributed by atoms with Crippen molar-refractivity contribution in [1.29, 1.82) is 0 Å². The number of alkyl halides is 3. The van der Waals surface area contributed by atoms with Gasteiger partial charge in [0.2, 0.25) is 0 Å². The second-order valence-electron chi connectivity index (χ2n) is 5.57. The topological polar surface area (TPSA) is 98.5 Å². The molecule has 0 aliphatic rings. The number of carbonyl (C=O) groups excluding carboxylic acids is 2. The molecule has 0 fully saturated rings. The lowest BCUT2D eigenvalue weighted by Gasteiger charge is -2.10. The lowest BCUT2D eigenvalue weighted by atomic mass is 10.3. The Morgan fingerprint density at radius 3 is 2.71 bits per heavy atom. The number of nitrogens with one attached hydrogen (secondary N) is 1. The first-order valence-corrected chi connectivity index (χ1v) is 8.04. The number of hydrogen-bond donors (Lipinski definition) is 1. The normalized spacial score (nSPS) is 11.5. The third-order valence-electron chi connectivity index (χ3n) is 3.57. The van der Waals surface area contributed by atoms with Crippen molar-refractivity contribution >= 4 is 34.9 Å². The molecule has 3 aromatic heterocycles. The van der Waals surface area contributed by atoms with E-state index in [1.54, 1.807) is 17.4 Å². The van der Waals surface area contributed by atoms with Crippen LogP contribution in [-0.4, -0.2) is 38.1 Å². The zero-order chi connectivity index (χ0) is 20.5. The van der Waals surface area contributed by atoms with Crippen LogP contribution in [0.1, 0.15) is 21.7 Å². The second-order valence-corrected chi connectivity index (χ2v) is 5.98. The van der Waals surface area contributed by atoms with Crippen LogP contribution in [-0.2, 0) is 15.7 Å². The van der Waals surface area contributed by atoms with Gasteiger partial charge >= 0.3 is 12.1 Å². The molecule has 146 valence electrons. The van der Waals surface area contributed by atoms with Crippen LogP contribution < -0.4 is 5.32 Å². The van der Waals surface area contributed by atoms with Crippen LogP contribution in [0.3, 0.4) is 0 Å². The van der Waals surface area contributed by atoms with Crippen molar-refractivity contribution in [2.75, 3.05) is 11.9 Å². The van der Waals surface area contributed by atoms with Crippen LogP contribution in [0.4, 0.5) is 19.0 Å². The van der Waals surface area contributed by atoms with Crippen molar-refractivity contribution in [2.24, 2.45) is 0 Å². The van der Waals surface area contributed by atoms with Gasteiger partial charge in [-0.15, -0.1) is 10.2 Å². The maximum absolute atomic E-state index is 12.6. The lowest BCUT2D eigenvalue weighted by molar-refractivity contribution is -0.137. The summed E-state index contributed by atoms with van der Waals surface area (Å²) in [6.07, 6.45) is -2.62. The van der Waals surface area contributed by atoms with Crippen molar-refractivity contribution in [3.63, 3.8) is 0 Å². The van der Waals surface area contributed by atoms with Gasteiger partial charge in [0.1, 0.15) is 5.82 Å². The summed E-state index contributed by atoms with van der Waals surface area (Å²) in [4.78, 5) is 27.4. The van der Waals surface area contributed by atoms with Crippen LogP contribution in [0, 0.1) is 6.92 Å². The number of hydrogen-bond acceptors (Lipinski definition) is 6. The van der Waals surface area contributed by atoms with Gasteiger partial charge in [0, 0.05) is 12.4 Å². The fourth-order valence-electron chi connectivity index (χ4n) is 2.19. The molecule has 0 aliphatic heterocycles. The molecular formula is C16H11ClF3N5O3. The zero-order valence-electron chi connectivity index (χ0n) is 14.1. The van der Waals surface area contributed by atoms with Crippen molar-refractivity contribution in [3.8, 4) is 0 Å². The summed E-state index contributed by atoms with van der Waals surface area (Å²) in [6, 6.07) is 3.65. The van der Waals surface area contributed by atoms with Crippen molar-refractivity contribution in [1.82, 2.24) is 19.6 Å². The number of nitrogens with zero attached hydrogens (tertiary/aromatic N) is 4. The van der Waals surface area contributed by atoms with Crippen molar-refractivity contribution < 1.29 is 27.5 Å². The Balaban J connectivity index is 1.62. The van der Waals surface area contributed by atoms with Crippen LogP contribution >= 0.6 is 11.6 Å². The fraction of sp³-hybridized carbons (Fsp3) is 0.188. The molecule has 0 saturated heterocycles. The number of anilines is 1. The summed E-state index contributed by atoms with van der Waals surface area (Å²) in [5, 5.41) is 9.51. The third kappa shape index (κ3) is 4.19. The first-order chi connectivity index (χ1) is 13.1. The van der Waals surface area contributed by atoms with Crippen LogP contribution in [0.2, 0.25) is 5.02 Å². The average molecular weight is 414 g/mol. The highest BCUT2D eigenvalue weighted by atomic mass is 35.5. The number of ether oxygens (including phenoxy) is 1. The first-order valence-electron chi connectivity index (χ1n) is 7.66. The molecule has 12 heteroatoms. The number of aromatic nitrogens is 4. The molecule has 0 atom stereocenters. The minimum Gasteiger partial charge on any atom is -0.452 e. The van der Waals surface area contributed by atoms with Gasteiger partial charge in [-0.2, -0.15) is 13.2 Å². The smallest absolute Gasteiger partial charge is 0.417 e. The van der Waals surface area contributed by atoms with E-state index in [1.165, 1.54) is 12.3 Å².